The highest BCUT2D eigenvalue weighted by Gasteiger charge is 2.28. The van der Waals surface area contributed by atoms with Crippen LogP contribution in [-0.4, -0.2) is 24.6 Å². The Hall–Kier alpha value is -0.920. The fourth-order valence-corrected chi connectivity index (χ4v) is 3.16. The normalized spacial score (nSPS) is 17.1. The van der Waals surface area contributed by atoms with Gasteiger partial charge in [0.05, 0.1) is 0 Å². The van der Waals surface area contributed by atoms with Gasteiger partial charge in [0.25, 0.3) is 5.91 Å². The first kappa shape index (κ1) is 18.1. The van der Waals surface area contributed by atoms with Gasteiger partial charge in [0.2, 0.25) is 0 Å². The van der Waals surface area contributed by atoms with E-state index in [1.807, 2.05) is 0 Å². The Labute approximate surface area is 132 Å². The molecule has 120 valence electrons. The van der Waals surface area contributed by atoms with Crippen molar-refractivity contribution in [1.82, 2.24) is 5.32 Å². The van der Waals surface area contributed by atoms with Crippen molar-refractivity contribution in [2.24, 2.45) is 5.73 Å². The number of hydrogen-bond acceptors (Lipinski definition) is 4. The van der Waals surface area contributed by atoms with Crippen molar-refractivity contribution in [3.05, 3.63) is 16.3 Å². The van der Waals surface area contributed by atoms with Crippen LogP contribution in [0.25, 0.3) is 0 Å². The third-order valence-corrected chi connectivity index (χ3v) is 4.40. The molecule has 1 aromatic rings. The molecule has 1 saturated carbocycles. The Kier molecular flexibility index (Phi) is 6.83. The maximum Gasteiger partial charge on any atom is 0.387 e. The summed E-state index contributed by atoms with van der Waals surface area (Å²) in [5.74, 6) is -0.497. The molecule has 1 amide bonds. The lowest BCUT2D eigenvalue weighted by Gasteiger charge is -2.33. The van der Waals surface area contributed by atoms with Gasteiger partial charge in [0.1, 0.15) is 10.6 Å². The molecule has 0 unspecified atom stereocenters. The Balaban J connectivity index is 0.00000220. The van der Waals surface area contributed by atoms with E-state index >= 15 is 0 Å². The van der Waals surface area contributed by atoms with Gasteiger partial charge in [-0.15, -0.1) is 23.7 Å². The summed E-state index contributed by atoms with van der Waals surface area (Å²) < 4.78 is 28.7. The second-order valence-corrected chi connectivity index (χ2v) is 6.01. The zero-order chi connectivity index (χ0) is 14.6. The lowest BCUT2D eigenvalue weighted by Crippen LogP contribution is -2.51. The van der Waals surface area contributed by atoms with E-state index in [1.54, 1.807) is 5.38 Å². The molecule has 4 nitrogen and oxygen atoms in total. The van der Waals surface area contributed by atoms with E-state index in [0.29, 0.717) is 6.54 Å². The SMILES string of the molecule is Cl.NC1(CNC(=O)c2sccc2OC(F)F)CCCCC1. The van der Waals surface area contributed by atoms with E-state index in [-0.39, 0.29) is 28.6 Å². The molecule has 8 heteroatoms. The van der Waals surface area contributed by atoms with E-state index < -0.39 is 12.5 Å². The first-order chi connectivity index (χ1) is 9.50. The van der Waals surface area contributed by atoms with Gasteiger partial charge >= 0.3 is 6.61 Å². The van der Waals surface area contributed by atoms with Gasteiger partial charge < -0.3 is 15.8 Å². The predicted octanol–water partition coefficient (Wildman–Crippen LogP) is 3.16. The van der Waals surface area contributed by atoms with Crippen LogP contribution in [0.2, 0.25) is 0 Å². The maximum absolute atomic E-state index is 12.2. The molecule has 0 bridgehead atoms. The summed E-state index contributed by atoms with van der Waals surface area (Å²) in [7, 11) is 0. The van der Waals surface area contributed by atoms with Crippen molar-refractivity contribution >= 4 is 29.7 Å². The van der Waals surface area contributed by atoms with E-state index in [1.165, 1.54) is 12.5 Å². The number of nitrogens with one attached hydrogen (secondary N) is 1. The highest BCUT2D eigenvalue weighted by Crippen LogP contribution is 2.28. The molecule has 3 N–H and O–H groups in total. The van der Waals surface area contributed by atoms with Crippen molar-refractivity contribution < 1.29 is 18.3 Å². The Bertz CT molecular complexity index is 465. The van der Waals surface area contributed by atoms with Crippen LogP contribution in [0, 0.1) is 0 Å². The number of amides is 1. The number of nitrogens with two attached hydrogens (primary N) is 1. The largest absolute Gasteiger partial charge is 0.433 e. The minimum atomic E-state index is -2.93. The molecule has 1 heterocycles. The lowest BCUT2D eigenvalue weighted by atomic mass is 9.82. The van der Waals surface area contributed by atoms with Crippen LogP contribution in [-0.2, 0) is 0 Å². The summed E-state index contributed by atoms with van der Waals surface area (Å²) in [6.45, 7) is -2.58. The van der Waals surface area contributed by atoms with Gasteiger partial charge in [-0.3, -0.25) is 4.79 Å². The van der Waals surface area contributed by atoms with Crippen LogP contribution in [0.1, 0.15) is 41.8 Å². The molecule has 0 radical (unpaired) electrons. The summed E-state index contributed by atoms with van der Waals surface area (Å²) in [5, 5.41) is 4.28. The van der Waals surface area contributed by atoms with Crippen molar-refractivity contribution in [1.29, 1.82) is 0 Å². The van der Waals surface area contributed by atoms with E-state index in [0.717, 1.165) is 37.0 Å². The first-order valence-corrected chi connectivity index (χ1v) is 7.47. The quantitative estimate of drug-likeness (QED) is 0.865. The minimum Gasteiger partial charge on any atom is -0.433 e. The fourth-order valence-electron chi connectivity index (χ4n) is 2.42. The molecule has 0 spiro atoms. The highest BCUT2D eigenvalue weighted by atomic mass is 35.5. The molecule has 0 atom stereocenters. The third kappa shape index (κ3) is 5.09. The molecule has 0 saturated heterocycles. The second-order valence-electron chi connectivity index (χ2n) is 5.10. The van der Waals surface area contributed by atoms with Gasteiger partial charge in [0.15, 0.2) is 0 Å². The fraction of sp³-hybridized carbons (Fsp3) is 0.615. The van der Waals surface area contributed by atoms with Crippen LogP contribution in [0.3, 0.4) is 0 Å². The number of alkyl halides is 2. The summed E-state index contributed by atoms with van der Waals surface area (Å²) in [5.41, 5.74) is 5.84. The smallest absolute Gasteiger partial charge is 0.387 e. The standard InChI is InChI=1S/C13H18F2N2O2S.ClH/c14-12(15)19-9-4-7-20-10(9)11(18)17-8-13(16)5-2-1-3-6-13;/h4,7,12H,1-3,5-6,8,16H2,(H,17,18);1H. The van der Waals surface area contributed by atoms with Gasteiger partial charge in [-0.25, -0.2) is 0 Å². The van der Waals surface area contributed by atoms with Crippen molar-refractivity contribution in [3.8, 4) is 5.75 Å². The molecular weight excluding hydrogens is 322 g/mol. The summed E-state index contributed by atoms with van der Waals surface area (Å²) in [4.78, 5) is 12.2. The lowest BCUT2D eigenvalue weighted by molar-refractivity contribution is -0.0498. The average Bonchev–Trinajstić information content (AvgIpc) is 2.84. The van der Waals surface area contributed by atoms with Crippen molar-refractivity contribution in [2.75, 3.05) is 6.54 Å². The summed E-state index contributed by atoms with van der Waals surface area (Å²) in [6, 6.07) is 1.37. The zero-order valence-corrected chi connectivity index (χ0v) is 13.1. The number of halogens is 3. The van der Waals surface area contributed by atoms with Crippen LogP contribution in [0.15, 0.2) is 11.4 Å². The topological polar surface area (TPSA) is 64.3 Å². The first-order valence-electron chi connectivity index (χ1n) is 6.60. The number of rotatable bonds is 5. The van der Waals surface area contributed by atoms with E-state index in [9.17, 15) is 13.6 Å². The Morgan fingerprint density at radius 3 is 2.71 bits per heavy atom. The number of carbonyl (C=O) groups is 1. The Morgan fingerprint density at radius 2 is 2.10 bits per heavy atom. The zero-order valence-electron chi connectivity index (χ0n) is 11.4. The third-order valence-electron chi connectivity index (χ3n) is 3.50. The highest BCUT2D eigenvalue weighted by molar-refractivity contribution is 7.12. The predicted molar refractivity (Wildman–Crippen MR) is 80.5 cm³/mol. The maximum atomic E-state index is 12.2. The van der Waals surface area contributed by atoms with Gasteiger partial charge in [0, 0.05) is 12.1 Å². The van der Waals surface area contributed by atoms with Crippen LogP contribution < -0.4 is 15.8 Å². The summed E-state index contributed by atoms with van der Waals surface area (Å²) in [6.07, 6.45) is 5.04. The number of hydrogen-bond donors (Lipinski definition) is 2. The Morgan fingerprint density at radius 1 is 1.43 bits per heavy atom. The second kappa shape index (κ2) is 7.91. The summed E-state index contributed by atoms with van der Waals surface area (Å²) >= 11 is 1.07. The molecule has 0 aliphatic heterocycles. The van der Waals surface area contributed by atoms with Crippen LogP contribution in [0.4, 0.5) is 8.78 Å². The van der Waals surface area contributed by atoms with Crippen LogP contribution in [0.5, 0.6) is 5.75 Å². The molecule has 21 heavy (non-hydrogen) atoms. The van der Waals surface area contributed by atoms with Crippen molar-refractivity contribution in [2.45, 2.75) is 44.3 Å². The van der Waals surface area contributed by atoms with Crippen LogP contribution >= 0.6 is 23.7 Å². The van der Waals surface area contributed by atoms with Gasteiger partial charge in [-0.1, -0.05) is 19.3 Å². The number of ether oxygens (including phenoxy) is 1. The van der Waals surface area contributed by atoms with Crippen molar-refractivity contribution in [3.63, 3.8) is 0 Å². The molecule has 1 aliphatic rings. The molecule has 1 fully saturated rings. The molecule has 1 aromatic heterocycles. The molecular formula is C13H19ClF2N2O2S. The average molecular weight is 341 g/mol. The van der Waals surface area contributed by atoms with E-state index in [2.05, 4.69) is 10.1 Å². The monoisotopic (exact) mass is 340 g/mol. The molecule has 1 aliphatic carbocycles. The number of carbonyl (C=O) groups excluding carboxylic acids is 1. The molecule has 2 rings (SSSR count). The van der Waals surface area contributed by atoms with E-state index in [4.69, 9.17) is 5.73 Å². The number of thiophene rings is 1. The van der Waals surface area contributed by atoms with Gasteiger partial charge in [-0.2, -0.15) is 8.78 Å². The van der Waals surface area contributed by atoms with Gasteiger partial charge in [-0.05, 0) is 24.3 Å². The molecule has 0 aromatic carbocycles. The minimum absolute atomic E-state index is 0.